The van der Waals surface area contributed by atoms with Crippen LogP contribution in [0.15, 0.2) is 24.7 Å². The van der Waals surface area contributed by atoms with Gasteiger partial charge in [-0.1, -0.05) is 0 Å². The smallest absolute Gasteiger partial charge is 0.312 e. The number of hydrogen-bond acceptors (Lipinski definition) is 5. The van der Waals surface area contributed by atoms with Crippen molar-refractivity contribution in [1.29, 1.82) is 0 Å². The van der Waals surface area contributed by atoms with E-state index in [0.29, 0.717) is 18.8 Å². The number of aryl methyl sites for hydroxylation is 1. The van der Waals surface area contributed by atoms with Gasteiger partial charge in [0.25, 0.3) is 0 Å². The van der Waals surface area contributed by atoms with Crippen LogP contribution in [-0.2, 0) is 6.42 Å². The Bertz CT molecular complexity index is 579. The van der Waals surface area contributed by atoms with Crippen LogP contribution in [0.5, 0.6) is 0 Å². The zero-order valence-corrected chi connectivity index (χ0v) is 9.91. The molecule has 0 spiro atoms. The molecule has 0 unspecified atom stereocenters. The van der Waals surface area contributed by atoms with Gasteiger partial charge in [-0.05, 0) is 19.0 Å². The quantitative estimate of drug-likeness (QED) is 0.641. The van der Waals surface area contributed by atoms with E-state index in [0.717, 1.165) is 5.56 Å². The van der Waals surface area contributed by atoms with Crippen molar-refractivity contribution in [3.8, 4) is 5.82 Å². The summed E-state index contributed by atoms with van der Waals surface area (Å²) >= 11 is 0. The third-order valence-corrected chi connectivity index (χ3v) is 2.49. The van der Waals surface area contributed by atoms with Gasteiger partial charge in [0.2, 0.25) is 5.82 Å². The molecule has 2 aromatic heterocycles. The van der Waals surface area contributed by atoms with E-state index < -0.39 is 4.92 Å². The van der Waals surface area contributed by atoms with E-state index in [1.807, 2.05) is 0 Å². The summed E-state index contributed by atoms with van der Waals surface area (Å²) in [6.07, 6.45) is 5.36. The average Bonchev–Trinajstić information content (AvgIpc) is 2.77. The summed E-state index contributed by atoms with van der Waals surface area (Å²) in [4.78, 5) is 18.9. The van der Waals surface area contributed by atoms with Gasteiger partial charge in [0.1, 0.15) is 5.82 Å². The van der Waals surface area contributed by atoms with E-state index >= 15 is 0 Å². The Morgan fingerprint density at radius 3 is 2.94 bits per heavy atom. The second-order valence-corrected chi connectivity index (χ2v) is 3.86. The highest BCUT2D eigenvalue weighted by Crippen LogP contribution is 2.22. The maximum Gasteiger partial charge on any atom is 0.312 e. The third kappa shape index (κ3) is 2.21. The molecule has 0 fully saturated rings. The summed E-state index contributed by atoms with van der Waals surface area (Å²) in [5.74, 6) is 0.934. The predicted molar refractivity (Wildman–Crippen MR) is 65.5 cm³/mol. The average molecular weight is 247 g/mol. The molecule has 2 N–H and O–H groups in total. The maximum atomic E-state index is 11.0. The van der Waals surface area contributed by atoms with Crippen molar-refractivity contribution in [2.75, 3.05) is 6.54 Å². The monoisotopic (exact) mass is 247 g/mol. The highest BCUT2D eigenvalue weighted by Gasteiger charge is 2.19. The Hall–Kier alpha value is -2.28. The predicted octanol–water partition coefficient (Wildman–Crippen LogP) is 0.985. The summed E-state index contributed by atoms with van der Waals surface area (Å²) in [5, 5.41) is 11.0. The minimum Gasteiger partial charge on any atom is -0.330 e. The van der Waals surface area contributed by atoms with Gasteiger partial charge in [-0.15, -0.1) is 0 Å². The van der Waals surface area contributed by atoms with E-state index in [2.05, 4.69) is 9.97 Å². The lowest BCUT2D eigenvalue weighted by Crippen LogP contribution is -2.11. The molecule has 0 saturated heterocycles. The van der Waals surface area contributed by atoms with Gasteiger partial charge in [0, 0.05) is 31.1 Å². The van der Waals surface area contributed by atoms with Gasteiger partial charge in [0.15, 0.2) is 0 Å². The van der Waals surface area contributed by atoms with Gasteiger partial charge >= 0.3 is 5.69 Å². The molecule has 0 atom stereocenters. The van der Waals surface area contributed by atoms with Crippen LogP contribution < -0.4 is 5.73 Å². The summed E-state index contributed by atoms with van der Waals surface area (Å²) < 4.78 is 1.60. The molecule has 0 aliphatic rings. The first-order chi connectivity index (χ1) is 8.63. The van der Waals surface area contributed by atoms with Gasteiger partial charge in [-0.3, -0.25) is 14.7 Å². The van der Waals surface area contributed by atoms with E-state index in [1.165, 1.54) is 6.07 Å². The van der Waals surface area contributed by atoms with Crippen LogP contribution in [0.25, 0.3) is 5.82 Å². The van der Waals surface area contributed by atoms with Crippen molar-refractivity contribution >= 4 is 5.69 Å². The number of nitrogens with two attached hydrogens (primary N) is 1. The van der Waals surface area contributed by atoms with E-state index in [-0.39, 0.29) is 11.5 Å². The molecule has 0 radical (unpaired) electrons. The molecule has 0 aliphatic carbocycles. The highest BCUT2D eigenvalue weighted by molar-refractivity contribution is 5.48. The molecule has 2 aromatic rings. The minimum absolute atomic E-state index is 0.0359. The number of nitrogens with zero attached hydrogens (tertiary/aromatic N) is 4. The summed E-state index contributed by atoms with van der Waals surface area (Å²) in [7, 11) is 0. The third-order valence-electron chi connectivity index (χ3n) is 2.49. The molecule has 0 saturated carbocycles. The van der Waals surface area contributed by atoms with Crippen LogP contribution in [0.1, 0.15) is 11.4 Å². The number of rotatable bonds is 4. The molecule has 18 heavy (non-hydrogen) atoms. The number of hydrogen-bond donors (Lipinski definition) is 1. The lowest BCUT2D eigenvalue weighted by atomic mass is 10.3. The van der Waals surface area contributed by atoms with E-state index in [1.54, 1.807) is 30.1 Å². The van der Waals surface area contributed by atoms with Gasteiger partial charge < -0.3 is 5.73 Å². The Morgan fingerprint density at radius 1 is 1.50 bits per heavy atom. The topological polar surface area (TPSA) is 99.9 Å². The SMILES string of the molecule is Cc1cnc(-n2ccnc2CCN)c([N+](=O)[O-])c1. The number of aromatic nitrogens is 3. The van der Waals surface area contributed by atoms with Gasteiger partial charge in [0.05, 0.1) is 4.92 Å². The Balaban J connectivity index is 2.56. The molecule has 0 aromatic carbocycles. The Labute approximate surface area is 103 Å². The van der Waals surface area contributed by atoms with Gasteiger partial charge in [-0.2, -0.15) is 0 Å². The van der Waals surface area contributed by atoms with E-state index in [9.17, 15) is 10.1 Å². The number of pyridine rings is 1. The van der Waals surface area contributed by atoms with Crippen molar-refractivity contribution < 1.29 is 4.92 Å². The van der Waals surface area contributed by atoms with Gasteiger partial charge in [-0.25, -0.2) is 9.97 Å². The Morgan fingerprint density at radius 2 is 2.28 bits per heavy atom. The van der Waals surface area contributed by atoms with Crippen molar-refractivity contribution in [3.63, 3.8) is 0 Å². The van der Waals surface area contributed by atoms with Crippen molar-refractivity contribution in [1.82, 2.24) is 14.5 Å². The first-order valence-corrected chi connectivity index (χ1v) is 5.47. The molecule has 0 aliphatic heterocycles. The number of imidazole rings is 1. The molecule has 7 heteroatoms. The summed E-state index contributed by atoms with van der Waals surface area (Å²) in [5.41, 5.74) is 6.19. The van der Waals surface area contributed by atoms with Crippen LogP contribution in [0.4, 0.5) is 5.69 Å². The normalized spacial score (nSPS) is 10.6. The Kier molecular flexibility index (Phi) is 3.33. The fourth-order valence-electron chi connectivity index (χ4n) is 1.71. The van der Waals surface area contributed by atoms with Crippen LogP contribution in [0, 0.1) is 17.0 Å². The lowest BCUT2D eigenvalue weighted by Gasteiger charge is -2.07. The lowest BCUT2D eigenvalue weighted by molar-refractivity contribution is -0.384. The second-order valence-electron chi connectivity index (χ2n) is 3.86. The molecule has 2 heterocycles. The minimum atomic E-state index is -0.443. The van der Waals surface area contributed by atoms with Crippen molar-refractivity contribution in [2.24, 2.45) is 5.73 Å². The molecular weight excluding hydrogens is 234 g/mol. The summed E-state index contributed by atoms with van der Waals surface area (Å²) in [6.45, 7) is 2.19. The fourth-order valence-corrected chi connectivity index (χ4v) is 1.71. The maximum absolute atomic E-state index is 11.0. The molecule has 0 amide bonds. The van der Waals surface area contributed by atoms with Crippen LogP contribution in [0.3, 0.4) is 0 Å². The molecule has 2 rings (SSSR count). The standard InChI is InChI=1S/C11H13N5O2/c1-8-6-9(16(17)18)11(14-7-8)15-5-4-13-10(15)2-3-12/h4-7H,2-3,12H2,1H3. The molecule has 94 valence electrons. The van der Waals surface area contributed by atoms with Crippen molar-refractivity contribution in [2.45, 2.75) is 13.3 Å². The first kappa shape index (κ1) is 12.2. The fraction of sp³-hybridized carbons (Fsp3) is 0.273. The zero-order valence-electron chi connectivity index (χ0n) is 9.91. The highest BCUT2D eigenvalue weighted by atomic mass is 16.6. The van der Waals surface area contributed by atoms with Crippen molar-refractivity contribution in [3.05, 3.63) is 46.2 Å². The zero-order chi connectivity index (χ0) is 13.1. The van der Waals surface area contributed by atoms with Crippen LogP contribution >= 0.6 is 0 Å². The van der Waals surface area contributed by atoms with Crippen LogP contribution in [-0.4, -0.2) is 26.0 Å². The second kappa shape index (κ2) is 4.92. The molecule has 7 nitrogen and oxygen atoms in total. The molecule has 0 bridgehead atoms. The number of nitro groups is 1. The largest absolute Gasteiger partial charge is 0.330 e. The molecular formula is C11H13N5O2. The summed E-state index contributed by atoms with van der Waals surface area (Å²) in [6, 6.07) is 1.49. The first-order valence-electron chi connectivity index (χ1n) is 5.47. The van der Waals surface area contributed by atoms with E-state index in [4.69, 9.17) is 5.73 Å². The van der Waals surface area contributed by atoms with Crippen LogP contribution in [0.2, 0.25) is 0 Å².